The Kier molecular flexibility index (Phi) is 2.35. The van der Waals surface area contributed by atoms with Crippen molar-refractivity contribution in [2.75, 3.05) is 0 Å². The van der Waals surface area contributed by atoms with Crippen molar-refractivity contribution in [2.45, 2.75) is 31.7 Å². The Labute approximate surface area is 71.8 Å². The van der Waals surface area contributed by atoms with Gasteiger partial charge in [-0.15, -0.1) is 0 Å². The second kappa shape index (κ2) is 3.28. The van der Waals surface area contributed by atoms with Crippen LogP contribution in [0.3, 0.4) is 0 Å². The summed E-state index contributed by atoms with van der Waals surface area (Å²) in [6.45, 7) is 1.60. The predicted octanol–water partition coefficient (Wildman–Crippen LogP) is 0.572. The summed E-state index contributed by atoms with van der Waals surface area (Å²) in [5.41, 5.74) is -0.610. The largest absolute Gasteiger partial charge is 0.327 e. The van der Waals surface area contributed by atoms with Crippen molar-refractivity contribution in [3.8, 4) is 17.9 Å². The van der Waals surface area contributed by atoms with Crippen molar-refractivity contribution in [3.05, 3.63) is 0 Å². The van der Waals surface area contributed by atoms with Gasteiger partial charge in [-0.3, -0.25) is 4.79 Å². The molecular weight excluding hydrogens is 152 g/mol. The summed E-state index contributed by atoms with van der Waals surface area (Å²) in [6.07, 6.45) is 2.51. The average Bonchev–Trinajstić information content (AvgIpc) is 1.97. The first kappa shape index (κ1) is 8.62. The lowest BCUT2D eigenvalue weighted by atomic mass is 9.78. The minimum Gasteiger partial charge on any atom is -0.327 e. The summed E-state index contributed by atoms with van der Waals surface area (Å²) in [5.74, 6) is 4.50. The van der Waals surface area contributed by atoms with Crippen LogP contribution in [-0.4, -0.2) is 11.4 Å². The molecule has 1 fully saturated rings. The van der Waals surface area contributed by atoms with Crippen LogP contribution in [0.4, 0.5) is 0 Å². The maximum absolute atomic E-state index is 11.0. The van der Waals surface area contributed by atoms with E-state index in [1.54, 1.807) is 6.92 Å². The standard InChI is InChI=1S/C9H10N2O/c1-2-4-8(12)11-9(7-10)5-3-6-9/h3,5-6H2,1H3,(H,11,12). The SMILES string of the molecule is CC#CC(=O)NC1(C#N)CCC1. The number of nitrogens with zero attached hydrogens (tertiary/aromatic N) is 1. The van der Waals surface area contributed by atoms with Crippen LogP contribution in [0.1, 0.15) is 26.2 Å². The Hall–Kier alpha value is -1.48. The van der Waals surface area contributed by atoms with Crippen molar-refractivity contribution in [1.29, 1.82) is 5.26 Å². The molecule has 62 valence electrons. The number of hydrogen-bond donors (Lipinski definition) is 1. The Morgan fingerprint density at radius 2 is 2.25 bits per heavy atom. The van der Waals surface area contributed by atoms with E-state index in [9.17, 15) is 4.79 Å². The molecule has 3 nitrogen and oxygen atoms in total. The quantitative estimate of drug-likeness (QED) is 0.573. The van der Waals surface area contributed by atoms with E-state index >= 15 is 0 Å². The molecule has 0 saturated heterocycles. The van der Waals surface area contributed by atoms with E-state index in [-0.39, 0.29) is 5.91 Å². The van der Waals surface area contributed by atoms with Gasteiger partial charge in [0.15, 0.2) is 0 Å². The molecule has 1 saturated carbocycles. The van der Waals surface area contributed by atoms with E-state index in [1.165, 1.54) is 0 Å². The fourth-order valence-corrected chi connectivity index (χ4v) is 1.16. The Morgan fingerprint density at radius 1 is 1.58 bits per heavy atom. The number of amides is 1. The topological polar surface area (TPSA) is 52.9 Å². The molecule has 1 aliphatic rings. The summed E-state index contributed by atoms with van der Waals surface area (Å²) in [6, 6.07) is 2.10. The molecule has 0 radical (unpaired) electrons. The lowest BCUT2D eigenvalue weighted by Crippen LogP contribution is -2.52. The molecule has 0 spiro atoms. The highest BCUT2D eigenvalue weighted by atomic mass is 16.1. The molecule has 1 rings (SSSR count). The lowest BCUT2D eigenvalue weighted by molar-refractivity contribution is -0.117. The molecule has 1 N–H and O–H groups in total. The first-order chi connectivity index (χ1) is 5.72. The van der Waals surface area contributed by atoms with E-state index < -0.39 is 5.54 Å². The lowest BCUT2D eigenvalue weighted by Gasteiger charge is -2.34. The third-order valence-electron chi connectivity index (χ3n) is 2.01. The minimum absolute atomic E-state index is 0.348. The van der Waals surface area contributed by atoms with Gasteiger partial charge in [-0.25, -0.2) is 0 Å². The van der Waals surface area contributed by atoms with E-state index in [4.69, 9.17) is 5.26 Å². The second-order valence-corrected chi connectivity index (χ2v) is 2.88. The van der Waals surface area contributed by atoms with Crippen LogP contribution in [0.15, 0.2) is 0 Å². The van der Waals surface area contributed by atoms with Crippen LogP contribution in [0.5, 0.6) is 0 Å². The van der Waals surface area contributed by atoms with E-state index in [2.05, 4.69) is 23.2 Å². The maximum Gasteiger partial charge on any atom is 0.297 e. The number of rotatable bonds is 1. The molecule has 1 amide bonds. The molecule has 12 heavy (non-hydrogen) atoms. The van der Waals surface area contributed by atoms with Crippen LogP contribution in [0, 0.1) is 23.2 Å². The zero-order valence-corrected chi connectivity index (χ0v) is 6.98. The van der Waals surface area contributed by atoms with Crippen molar-refractivity contribution in [3.63, 3.8) is 0 Å². The van der Waals surface area contributed by atoms with Crippen LogP contribution >= 0.6 is 0 Å². The van der Waals surface area contributed by atoms with Gasteiger partial charge in [-0.1, -0.05) is 5.92 Å². The van der Waals surface area contributed by atoms with Crippen LogP contribution in [0.25, 0.3) is 0 Å². The molecule has 0 aromatic heterocycles. The average molecular weight is 162 g/mol. The summed E-state index contributed by atoms with van der Waals surface area (Å²) in [4.78, 5) is 11.0. The smallest absolute Gasteiger partial charge is 0.297 e. The monoisotopic (exact) mass is 162 g/mol. The third-order valence-corrected chi connectivity index (χ3v) is 2.01. The van der Waals surface area contributed by atoms with Crippen molar-refractivity contribution < 1.29 is 4.79 Å². The van der Waals surface area contributed by atoms with Gasteiger partial charge in [-0.05, 0) is 32.1 Å². The fraction of sp³-hybridized carbons (Fsp3) is 0.556. The van der Waals surface area contributed by atoms with Crippen LogP contribution in [0.2, 0.25) is 0 Å². The van der Waals surface area contributed by atoms with Crippen molar-refractivity contribution in [2.24, 2.45) is 0 Å². The Morgan fingerprint density at radius 3 is 2.58 bits per heavy atom. The maximum atomic E-state index is 11.0. The highest BCUT2D eigenvalue weighted by Gasteiger charge is 2.38. The molecule has 0 heterocycles. The number of nitrogens with one attached hydrogen (secondary N) is 1. The summed E-state index contributed by atoms with van der Waals surface area (Å²) in [5, 5.41) is 11.3. The molecule has 0 aromatic carbocycles. The highest BCUT2D eigenvalue weighted by molar-refractivity contribution is 5.94. The normalized spacial score (nSPS) is 17.7. The summed E-state index contributed by atoms with van der Waals surface area (Å²) in [7, 11) is 0. The first-order valence-electron chi connectivity index (χ1n) is 3.88. The van der Waals surface area contributed by atoms with Gasteiger partial charge in [0, 0.05) is 0 Å². The Balaban J connectivity index is 2.54. The molecule has 0 aliphatic heterocycles. The first-order valence-corrected chi connectivity index (χ1v) is 3.88. The molecule has 3 heteroatoms. The predicted molar refractivity (Wildman–Crippen MR) is 43.8 cm³/mol. The van der Waals surface area contributed by atoms with E-state index in [1.807, 2.05) is 0 Å². The zero-order valence-electron chi connectivity index (χ0n) is 6.98. The molecule has 0 bridgehead atoms. The minimum atomic E-state index is -0.610. The molecule has 0 unspecified atom stereocenters. The molecule has 0 atom stereocenters. The van der Waals surface area contributed by atoms with Gasteiger partial charge in [-0.2, -0.15) is 5.26 Å². The summed E-state index contributed by atoms with van der Waals surface area (Å²) < 4.78 is 0. The van der Waals surface area contributed by atoms with Gasteiger partial charge in [0.25, 0.3) is 5.91 Å². The number of hydrogen-bond acceptors (Lipinski definition) is 2. The van der Waals surface area contributed by atoms with Crippen molar-refractivity contribution in [1.82, 2.24) is 5.32 Å². The van der Waals surface area contributed by atoms with E-state index in [0.717, 1.165) is 19.3 Å². The summed E-state index contributed by atoms with van der Waals surface area (Å²) >= 11 is 0. The molecule has 1 aliphatic carbocycles. The number of nitriles is 1. The van der Waals surface area contributed by atoms with Gasteiger partial charge >= 0.3 is 0 Å². The second-order valence-electron chi connectivity index (χ2n) is 2.88. The molecular formula is C9H10N2O. The molecule has 0 aromatic rings. The highest BCUT2D eigenvalue weighted by Crippen LogP contribution is 2.30. The van der Waals surface area contributed by atoms with Crippen molar-refractivity contribution >= 4 is 5.91 Å². The van der Waals surface area contributed by atoms with Crippen LogP contribution in [-0.2, 0) is 4.79 Å². The van der Waals surface area contributed by atoms with E-state index in [0.29, 0.717) is 0 Å². The van der Waals surface area contributed by atoms with Gasteiger partial charge in [0.2, 0.25) is 0 Å². The van der Waals surface area contributed by atoms with Gasteiger partial charge in [0.05, 0.1) is 6.07 Å². The number of carbonyl (C=O) groups is 1. The fourth-order valence-electron chi connectivity index (χ4n) is 1.16. The van der Waals surface area contributed by atoms with Gasteiger partial charge < -0.3 is 5.32 Å². The third kappa shape index (κ3) is 1.57. The number of carbonyl (C=O) groups excluding carboxylic acids is 1. The van der Waals surface area contributed by atoms with Crippen LogP contribution < -0.4 is 5.32 Å². The Bertz CT molecular complexity index is 286. The zero-order chi connectivity index (χ0) is 9.03. The van der Waals surface area contributed by atoms with Gasteiger partial charge in [0.1, 0.15) is 5.54 Å².